The number of nitrogens with zero attached hydrogens (tertiary/aromatic N) is 8. The van der Waals surface area contributed by atoms with E-state index >= 15 is 0 Å². The van der Waals surface area contributed by atoms with Crippen LogP contribution < -0.4 is 4.90 Å². The predicted molar refractivity (Wildman–Crippen MR) is 115 cm³/mol. The van der Waals surface area contributed by atoms with Crippen molar-refractivity contribution in [3.8, 4) is 27.8 Å². The molecule has 0 aromatic carbocycles. The standard InChI is InChI=1S/C20H21N9OS/c1-2-14-19-27-24-11-28(19)15-10-22-17(13-9-23-26-16(13)20-21-5-8-31-20)25-18(15)29(14)12-3-6-30-7-4-12/h5,8-12,14H,2-4,6-7H2,1H3,(H,23,26). The molecular formula is C20H21N9OS. The zero-order chi connectivity index (χ0) is 20.8. The molecule has 31 heavy (non-hydrogen) atoms. The third-order valence-corrected chi connectivity index (χ3v) is 6.75. The van der Waals surface area contributed by atoms with E-state index in [4.69, 9.17) is 14.7 Å². The summed E-state index contributed by atoms with van der Waals surface area (Å²) < 4.78 is 7.64. The van der Waals surface area contributed by atoms with Crippen LogP contribution in [-0.4, -0.2) is 59.2 Å². The van der Waals surface area contributed by atoms with E-state index in [0.29, 0.717) is 11.9 Å². The summed E-state index contributed by atoms with van der Waals surface area (Å²) in [5.74, 6) is 2.47. The summed E-state index contributed by atoms with van der Waals surface area (Å²) in [5.41, 5.74) is 2.58. The topological polar surface area (TPSA) is 111 Å². The maximum absolute atomic E-state index is 5.63. The SMILES string of the molecule is CCC1c2nncn2-c2cnc(-c3cn[nH]c3-c3nccs3)nc2N1C1CCOCC1. The quantitative estimate of drug-likeness (QED) is 0.521. The van der Waals surface area contributed by atoms with Gasteiger partial charge >= 0.3 is 0 Å². The van der Waals surface area contributed by atoms with Crippen LogP contribution in [0.1, 0.15) is 38.1 Å². The summed E-state index contributed by atoms with van der Waals surface area (Å²) in [6.07, 6.45) is 9.98. The molecule has 158 valence electrons. The average Bonchev–Trinajstić information content (AvgIpc) is 3.59. The Balaban J connectivity index is 1.51. The van der Waals surface area contributed by atoms with Crippen molar-refractivity contribution in [2.75, 3.05) is 18.1 Å². The number of aromatic amines is 1. The van der Waals surface area contributed by atoms with Gasteiger partial charge in [-0.05, 0) is 19.3 Å². The second-order valence-corrected chi connectivity index (χ2v) is 8.53. The van der Waals surface area contributed by atoms with E-state index < -0.39 is 0 Å². The van der Waals surface area contributed by atoms with Gasteiger partial charge in [-0.1, -0.05) is 6.92 Å². The normalized spacial score (nSPS) is 18.7. The number of hydrogen-bond donors (Lipinski definition) is 1. The molecular weight excluding hydrogens is 414 g/mol. The molecule has 10 nitrogen and oxygen atoms in total. The summed E-state index contributed by atoms with van der Waals surface area (Å²) in [4.78, 5) is 16.6. The van der Waals surface area contributed by atoms with Gasteiger partial charge in [-0.15, -0.1) is 21.5 Å². The van der Waals surface area contributed by atoms with Crippen molar-refractivity contribution in [2.45, 2.75) is 38.3 Å². The first-order valence-electron chi connectivity index (χ1n) is 10.4. The third kappa shape index (κ3) is 2.95. The third-order valence-electron chi connectivity index (χ3n) is 5.96. The van der Waals surface area contributed by atoms with Crippen LogP contribution in [0.15, 0.2) is 30.3 Å². The van der Waals surface area contributed by atoms with Crippen molar-refractivity contribution in [3.63, 3.8) is 0 Å². The molecule has 0 bridgehead atoms. The number of aromatic nitrogens is 8. The van der Waals surface area contributed by atoms with Gasteiger partial charge in [-0.2, -0.15) is 5.10 Å². The van der Waals surface area contributed by atoms with Crippen molar-refractivity contribution in [2.24, 2.45) is 0 Å². The molecule has 6 rings (SSSR count). The smallest absolute Gasteiger partial charge is 0.165 e. The van der Waals surface area contributed by atoms with E-state index in [1.807, 2.05) is 16.1 Å². The highest BCUT2D eigenvalue weighted by molar-refractivity contribution is 7.13. The molecule has 6 heterocycles. The lowest BCUT2D eigenvalue weighted by Crippen LogP contribution is -2.45. The highest BCUT2D eigenvalue weighted by atomic mass is 32.1. The fourth-order valence-corrected chi connectivity index (χ4v) is 5.17. The summed E-state index contributed by atoms with van der Waals surface area (Å²) in [5, 5.41) is 18.7. The molecule has 1 N–H and O–H groups in total. The average molecular weight is 436 g/mol. The molecule has 0 amide bonds. The van der Waals surface area contributed by atoms with Gasteiger partial charge in [0.25, 0.3) is 0 Å². The molecule has 0 aliphatic carbocycles. The van der Waals surface area contributed by atoms with Crippen molar-refractivity contribution >= 4 is 17.2 Å². The zero-order valence-electron chi connectivity index (χ0n) is 17.0. The largest absolute Gasteiger partial charge is 0.381 e. The Morgan fingerprint density at radius 3 is 2.94 bits per heavy atom. The number of fused-ring (bicyclic) bond motifs is 3. The van der Waals surface area contributed by atoms with Crippen LogP contribution in [0.25, 0.3) is 27.8 Å². The first-order chi connectivity index (χ1) is 15.3. The van der Waals surface area contributed by atoms with Gasteiger partial charge in [0.15, 0.2) is 17.5 Å². The summed E-state index contributed by atoms with van der Waals surface area (Å²) >= 11 is 1.55. The first-order valence-corrected chi connectivity index (χ1v) is 11.3. The first kappa shape index (κ1) is 18.6. The highest BCUT2D eigenvalue weighted by Crippen LogP contribution is 2.42. The number of thiazole rings is 1. The minimum Gasteiger partial charge on any atom is -0.381 e. The molecule has 4 aromatic rings. The lowest BCUT2D eigenvalue weighted by molar-refractivity contribution is 0.0817. The highest BCUT2D eigenvalue weighted by Gasteiger charge is 2.38. The Hall–Kier alpha value is -3.18. The fraction of sp³-hybridized carbons (Fsp3) is 0.400. The maximum Gasteiger partial charge on any atom is 0.165 e. The molecule has 1 fully saturated rings. The number of anilines is 1. The maximum atomic E-state index is 5.63. The number of nitrogens with one attached hydrogen (secondary N) is 1. The van der Waals surface area contributed by atoms with Gasteiger partial charge in [0.05, 0.1) is 24.0 Å². The van der Waals surface area contributed by atoms with Crippen LogP contribution in [-0.2, 0) is 4.74 Å². The molecule has 2 aliphatic rings. The number of ether oxygens (including phenoxy) is 1. The molecule has 0 saturated carbocycles. The number of H-pyrrole nitrogens is 1. The van der Waals surface area contributed by atoms with E-state index in [2.05, 4.69) is 37.2 Å². The van der Waals surface area contributed by atoms with Crippen molar-refractivity contribution in [1.82, 2.24) is 39.9 Å². The molecule has 11 heteroatoms. The molecule has 1 unspecified atom stereocenters. The van der Waals surface area contributed by atoms with Crippen LogP contribution in [0.2, 0.25) is 0 Å². The summed E-state index contributed by atoms with van der Waals surface area (Å²) in [6, 6.07) is 0.428. The Morgan fingerprint density at radius 1 is 1.23 bits per heavy atom. The van der Waals surface area contributed by atoms with E-state index in [9.17, 15) is 0 Å². The van der Waals surface area contributed by atoms with Gasteiger partial charge in [-0.25, -0.2) is 15.0 Å². The Labute approximate surface area is 182 Å². The van der Waals surface area contributed by atoms with E-state index in [1.165, 1.54) is 0 Å². The summed E-state index contributed by atoms with van der Waals surface area (Å²) in [6.45, 7) is 3.70. The second kappa shape index (κ2) is 7.50. The second-order valence-electron chi connectivity index (χ2n) is 7.63. The zero-order valence-corrected chi connectivity index (χ0v) is 17.8. The van der Waals surface area contributed by atoms with Crippen LogP contribution in [0.3, 0.4) is 0 Å². The van der Waals surface area contributed by atoms with Gasteiger partial charge in [0.1, 0.15) is 22.7 Å². The van der Waals surface area contributed by atoms with Crippen LogP contribution >= 0.6 is 11.3 Å². The van der Waals surface area contributed by atoms with E-state index in [1.54, 1.807) is 30.1 Å². The predicted octanol–water partition coefficient (Wildman–Crippen LogP) is 3.02. The molecule has 0 spiro atoms. The number of rotatable bonds is 4. The Morgan fingerprint density at radius 2 is 2.13 bits per heavy atom. The molecule has 0 radical (unpaired) electrons. The molecule has 1 atom stereocenters. The molecule has 1 saturated heterocycles. The van der Waals surface area contributed by atoms with Crippen molar-refractivity contribution in [3.05, 3.63) is 36.1 Å². The molecule has 4 aromatic heterocycles. The Bertz CT molecular complexity index is 1200. The van der Waals surface area contributed by atoms with Crippen LogP contribution in [0.4, 0.5) is 5.82 Å². The van der Waals surface area contributed by atoms with Gasteiger partial charge < -0.3 is 9.64 Å². The fourth-order valence-electron chi connectivity index (χ4n) is 4.52. The summed E-state index contributed by atoms with van der Waals surface area (Å²) in [7, 11) is 0. The van der Waals surface area contributed by atoms with Gasteiger partial charge in [0.2, 0.25) is 0 Å². The van der Waals surface area contributed by atoms with Gasteiger partial charge in [-0.3, -0.25) is 9.67 Å². The minimum atomic E-state index is 0.101. The van der Waals surface area contributed by atoms with Crippen LogP contribution in [0.5, 0.6) is 0 Å². The molecule has 2 aliphatic heterocycles. The van der Waals surface area contributed by atoms with E-state index in [-0.39, 0.29) is 6.04 Å². The van der Waals surface area contributed by atoms with Crippen LogP contribution in [0, 0.1) is 0 Å². The lowest BCUT2D eigenvalue weighted by atomic mass is 10.0. The van der Waals surface area contributed by atoms with Crippen molar-refractivity contribution in [1.29, 1.82) is 0 Å². The monoisotopic (exact) mass is 435 g/mol. The van der Waals surface area contributed by atoms with E-state index in [0.717, 1.165) is 66.1 Å². The Kier molecular flexibility index (Phi) is 4.50. The van der Waals surface area contributed by atoms with Gasteiger partial charge in [0, 0.05) is 30.8 Å². The minimum absolute atomic E-state index is 0.101. The lowest BCUT2D eigenvalue weighted by Gasteiger charge is -2.43. The van der Waals surface area contributed by atoms with Crippen molar-refractivity contribution < 1.29 is 4.74 Å². The number of hydrogen-bond acceptors (Lipinski definition) is 9.